The molecule has 1 saturated heterocycles. The Labute approximate surface area is 142 Å². The molecule has 0 radical (unpaired) electrons. The summed E-state index contributed by atoms with van der Waals surface area (Å²) in [5.41, 5.74) is 5.00. The zero-order valence-corrected chi connectivity index (χ0v) is 13.8. The van der Waals surface area contributed by atoms with Gasteiger partial charge in [-0.05, 0) is 25.1 Å². The molecule has 2 atom stereocenters. The van der Waals surface area contributed by atoms with E-state index in [9.17, 15) is 10.2 Å². The van der Waals surface area contributed by atoms with E-state index in [4.69, 9.17) is 28.9 Å². The number of anilines is 2. The molecule has 1 aromatic carbocycles. The maximum Gasteiger partial charge on any atom is 0.233 e. The topological polar surface area (TPSA) is 108 Å². The highest BCUT2D eigenvalue weighted by atomic mass is 35.5. The van der Waals surface area contributed by atoms with Gasteiger partial charge in [0.1, 0.15) is 5.72 Å². The lowest BCUT2D eigenvalue weighted by molar-refractivity contribution is 0.0512. The van der Waals surface area contributed by atoms with Crippen LogP contribution < -0.4 is 10.6 Å². The third-order valence-corrected chi connectivity index (χ3v) is 4.21. The molecule has 0 unspecified atom stereocenters. The highest BCUT2D eigenvalue weighted by Crippen LogP contribution is 2.33. The van der Waals surface area contributed by atoms with E-state index in [1.54, 1.807) is 25.1 Å². The minimum absolute atomic E-state index is 0.0155. The third-order valence-electron chi connectivity index (χ3n) is 3.65. The first kappa shape index (κ1) is 16.2. The summed E-state index contributed by atoms with van der Waals surface area (Å²) in [5.74, 6) is 0.403. The number of β-amino-alcohol motifs (C(OH)–C–C–N with tert-alkyl or cyclic N) is 1. The molecule has 0 aliphatic carbocycles. The van der Waals surface area contributed by atoms with E-state index in [0.29, 0.717) is 15.6 Å². The minimum atomic E-state index is -1.28. The van der Waals surface area contributed by atoms with Crippen LogP contribution in [0, 0.1) is 0 Å². The van der Waals surface area contributed by atoms with Gasteiger partial charge in [-0.3, -0.25) is 0 Å². The normalized spacial score (nSPS) is 24.2. The Balaban J connectivity index is 2.08. The van der Waals surface area contributed by atoms with Crippen molar-refractivity contribution in [2.45, 2.75) is 25.2 Å². The molecule has 9 heteroatoms. The summed E-state index contributed by atoms with van der Waals surface area (Å²) >= 11 is 12.2. The lowest BCUT2D eigenvalue weighted by atomic mass is 10.2. The Morgan fingerprint density at radius 1 is 1.30 bits per heavy atom. The summed E-state index contributed by atoms with van der Waals surface area (Å²) in [6, 6.07) is 4.91. The summed E-state index contributed by atoms with van der Waals surface area (Å²) in [7, 11) is 0. The molecule has 0 saturated carbocycles. The molecule has 0 amide bonds. The number of aliphatic hydroxyl groups excluding tert-OH is 1. The number of aliphatic hydroxyl groups is 2. The van der Waals surface area contributed by atoms with Crippen molar-refractivity contribution in [1.82, 2.24) is 15.0 Å². The standard InChI is InChI=1S/C14H15Cl2N5O2/c1-14(23)5-8(22)6-21(14)13-19-11(18-12(17)20-13)9-4-7(15)2-3-10(9)16/h2-4,8,22-23H,5-6H2,1H3,(H2,17,18,19,20)/t8-,14+/m1/s1. The molecular formula is C14H15Cl2N5O2. The molecule has 0 bridgehead atoms. The number of hydrogen-bond acceptors (Lipinski definition) is 7. The van der Waals surface area contributed by atoms with Gasteiger partial charge >= 0.3 is 0 Å². The molecule has 2 heterocycles. The summed E-state index contributed by atoms with van der Waals surface area (Å²) in [5, 5.41) is 21.1. The van der Waals surface area contributed by atoms with Gasteiger partial charge in [-0.2, -0.15) is 15.0 Å². The van der Waals surface area contributed by atoms with Crippen LogP contribution in [0.5, 0.6) is 0 Å². The van der Waals surface area contributed by atoms with Crippen molar-refractivity contribution in [3.63, 3.8) is 0 Å². The molecule has 2 aromatic rings. The molecule has 1 aromatic heterocycles. The van der Waals surface area contributed by atoms with Crippen molar-refractivity contribution in [2.75, 3.05) is 17.2 Å². The predicted octanol–water partition coefficient (Wildman–Crippen LogP) is 1.71. The number of rotatable bonds is 2. The monoisotopic (exact) mass is 355 g/mol. The van der Waals surface area contributed by atoms with Crippen molar-refractivity contribution in [1.29, 1.82) is 0 Å². The molecule has 7 nitrogen and oxygen atoms in total. The quantitative estimate of drug-likeness (QED) is 0.752. The average molecular weight is 356 g/mol. The Morgan fingerprint density at radius 3 is 2.70 bits per heavy atom. The van der Waals surface area contributed by atoms with Crippen LogP contribution in [0.1, 0.15) is 13.3 Å². The zero-order valence-electron chi connectivity index (χ0n) is 12.2. The van der Waals surface area contributed by atoms with Gasteiger partial charge in [0.2, 0.25) is 11.9 Å². The van der Waals surface area contributed by atoms with Crippen LogP contribution in [-0.2, 0) is 0 Å². The molecule has 122 valence electrons. The van der Waals surface area contributed by atoms with Crippen molar-refractivity contribution in [3.05, 3.63) is 28.2 Å². The largest absolute Gasteiger partial charge is 0.391 e. The molecule has 0 spiro atoms. The fourth-order valence-electron chi connectivity index (χ4n) is 2.62. The van der Waals surface area contributed by atoms with E-state index < -0.39 is 11.8 Å². The van der Waals surface area contributed by atoms with Gasteiger partial charge in [0, 0.05) is 23.6 Å². The second kappa shape index (κ2) is 5.76. The first-order valence-corrected chi connectivity index (χ1v) is 7.67. The summed E-state index contributed by atoms with van der Waals surface area (Å²) in [4.78, 5) is 14.0. The molecule has 4 N–H and O–H groups in total. The van der Waals surface area contributed by atoms with Gasteiger partial charge in [0.05, 0.1) is 11.1 Å². The first-order valence-electron chi connectivity index (χ1n) is 6.91. The SMILES string of the molecule is C[C@]1(O)C[C@@H](O)CN1c1nc(N)nc(-c2cc(Cl)ccc2Cl)n1. The minimum Gasteiger partial charge on any atom is -0.391 e. The number of nitrogens with two attached hydrogens (primary N) is 1. The van der Waals surface area contributed by atoms with Crippen LogP contribution in [0.15, 0.2) is 18.2 Å². The maximum absolute atomic E-state index is 10.4. The van der Waals surface area contributed by atoms with Gasteiger partial charge < -0.3 is 20.8 Å². The van der Waals surface area contributed by atoms with E-state index in [0.717, 1.165) is 0 Å². The van der Waals surface area contributed by atoms with Crippen LogP contribution >= 0.6 is 23.2 Å². The van der Waals surface area contributed by atoms with Gasteiger partial charge in [-0.15, -0.1) is 0 Å². The number of nitrogens with zero attached hydrogens (tertiary/aromatic N) is 4. The highest BCUT2D eigenvalue weighted by Gasteiger charge is 2.41. The molecule has 1 fully saturated rings. The van der Waals surface area contributed by atoms with E-state index in [2.05, 4.69) is 15.0 Å². The average Bonchev–Trinajstić information content (AvgIpc) is 2.73. The van der Waals surface area contributed by atoms with Crippen molar-refractivity contribution in [3.8, 4) is 11.4 Å². The van der Waals surface area contributed by atoms with Crippen LogP contribution in [0.4, 0.5) is 11.9 Å². The third kappa shape index (κ3) is 3.18. The van der Waals surface area contributed by atoms with Gasteiger partial charge in [-0.1, -0.05) is 23.2 Å². The molecule has 1 aliphatic rings. The van der Waals surface area contributed by atoms with Gasteiger partial charge in [-0.25, -0.2) is 0 Å². The van der Waals surface area contributed by atoms with Crippen molar-refractivity contribution >= 4 is 35.1 Å². The lowest BCUT2D eigenvalue weighted by Gasteiger charge is -2.29. The summed E-state index contributed by atoms with van der Waals surface area (Å²) in [6.45, 7) is 1.77. The molecular weight excluding hydrogens is 341 g/mol. The van der Waals surface area contributed by atoms with Crippen LogP contribution in [0.2, 0.25) is 10.0 Å². The Kier molecular flexibility index (Phi) is 4.05. The number of nitrogen functional groups attached to an aromatic ring is 1. The predicted molar refractivity (Wildman–Crippen MR) is 88.3 cm³/mol. The summed E-state index contributed by atoms with van der Waals surface area (Å²) < 4.78 is 0. The van der Waals surface area contributed by atoms with E-state index in [1.165, 1.54) is 4.90 Å². The molecule has 23 heavy (non-hydrogen) atoms. The number of hydrogen-bond donors (Lipinski definition) is 3. The fourth-order valence-corrected chi connectivity index (χ4v) is 2.99. The van der Waals surface area contributed by atoms with Crippen LogP contribution in [-0.4, -0.2) is 43.5 Å². The second-order valence-electron chi connectivity index (χ2n) is 5.63. The van der Waals surface area contributed by atoms with Crippen LogP contribution in [0.25, 0.3) is 11.4 Å². The van der Waals surface area contributed by atoms with Crippen molar-refractivity contribution in [2.24, 2.45) is 0 Å². The molecule has 1 aliphatic heterocycles. The molecule has 3 rings (SSSR count). The van der Waals surface area contributed by atoms with Gasteiger partial charge in [0.25, 0.3) is 0 Å². The lowest BCUT2D eigenvalue weighted by Crippen LogP contribution is -2.42. The Bertz CT molecular complexity index is 756. The zero-order chi connectivity index (χ0) is 16.8. The first-order chi connectivity index (χ1) is 10.8. The van der Waals surface area contributed by atoms with Gasteiger partial charge in [0.15, 0.2) is 5.82 Å². The number of benzene rings is 1. The van der Waals surface area contributed by atoms with Crippen molar-refractivity contribution < 1.29 is 10.2 Å². The van der Waals surface area contributed by atoms with E-state index >= 15 is 0 Å². The highest BCUT2D eigenvalue weighted by molar-refractivity contribution is 6.35. The Morgan fingerprint density at radius 2 is 2.04 bits per heavy atom. The maximum atomic E-state index is 10.4. The smallest absolute Gasteiger partial charge is 0.233 e. The number of halogens is 2. The van der Waals surface area contributed by atoms with Crippen LogP contribution in [0.3, 0.4) is 0 Å². The fraction of sp³-hybridized carbons (Fsp3) is 0.357. The number of aromatic nitrogens is 3. The van der Waals surface area contributed by atoms with E-state index in [-0.39, 0.29) is 30.7 Å². The summed E-state index contributed by atoms with van der Waals surface area (Å²) in [6.07, 6.45) is -0.493. The van der Waals surface area contributed by atoms with E-state index in [1.807, 2.05) is 0 Å². The Hall–Kier alpha value is -1.67. The second-order valence-corrected chi connectivity index (χ2v) is 6.47.